The van der Waals surface area contributed by atoms with Crippen molar-refractivity contribution in [2.24, 2.45) is 0 Å². The predicted octanol–water partition coefficient (Wildman–Crippen LogP) is 4.00. The SMILES string of the molecule is C=C(CCNC(=O)COc1ccc(Cl)c(F)c1)NC(=O)/C=C/c1ccc(OC(F)(F)F)cn1. The predicted molar refractivity (Wildman–Crippen MR) is 112 cm³/mol. The van der Waals surface area contributed by atoms with Crippen LogP contribution in [0.5, 0.6) is 11.5 Å². The first-order valence-corrected chi connectivity index (χ1v) is 9.63. The van der Waals surface area contributed by atoms with Crippen molar-refractivity contribution in [3.05, 3.63) is 71.4 Å². The summed E-state index contributed by atoms with van der Waals surface area (Å²) in [5.74, 6) is -2.01. The third kappa shape index (κ3) is 10.0. The van der Waals surface area contributed by atoms with Crippen LogP contribution in [-0.4, -0.2) is 36.3 Å². The highest BCUT2D eigenvalue weighted by Crippen LogP contribution is 2.22. The molecule has 0 saturated heterocycles. The van der Waals surface area contributed by atoms with Gasteiger partial charge in [0.25, 0.3) is 5.91 Å². The summed E-state index contributed by atoms with van der Waals surface area (Å²) in [6.45, 7) is 3.47. The van der Waals surface area contributed by atoms with Gasteiger partial charge in [-0.25, -0.2) is 4.39 Å². The van der Waals surface area contributed by atoms with E-state index < -0.39 is 29.7 Å². The number of nitrogens with one attached hydrogen (secondary N) is 2. The second kappa shape index (κ2) is 11.9. The van der Waals surface area contributed by atoms with Crippen molar-refractivity contribution >= 4 is 29.5 Å². The van der Waals surface area contributed by atoms with E-state index >= 15 is 0 Å². The van der Waals surface area contributed by atoms with Crippen LogP contribution in [-0.2, 0) is 9.59 Å². The highest BCUT2D eigenvalue weighted by Gasteiger charge is 2.31. The fourth-order valence-corrected chi connectivity index (χ4v) is 2.36. The molecular weight excluding hydrogens is 470 g/mol. The molecule has 2 aromatic rings. The molecule has 1 aromatic carbocycles. The van der Waals surface area contributed by atoms with E-state index in [9.17, 15) is 27.2 Å². The van der Waals surface area contributed by atoms with Gasteiger partial charge in [-0.3, -0.25) is 14.6 Å². The minimum absolute atomic E-state index is 0.0630. The number of carbonyl (C=O) groups excluding carboxylic acids is 2. The molecule has 1 aromatic heterocycles. The molecule has 176 valence electrons. The zero-order valence-electron chi connectivity index (χ0n) is 16.9. The normalized spacial score (nSPS) is 11.2. The van der Waals surface area contributed by atoms with Gasteiger partial charge in [0.2, 0.25) is 5.91 Å². The number of amides is 2. The Kier molecular flexibility index (Phi) is 9.22. The van der Waals surface area contributed by atoms with E-state index in [4.69, 9.17) is 16.3 Å². The lowest BCUT2D eigenvalue weighted by molar-refractivity contribution is -0.274. The Labute approximate surface area is 191 Å². The minimum atomic E-state index is -4.82. The van der Waals surface area contributed by atoms with Gasteiger partial charge in [0.05, 0.1) is 16.9 Å². The molecule has 1 heterocycles. The van der Waals surface area contributed by atoms with Crippen molar-refractivity contribution in [1.82, 2.24) is 15.6 Å². The lowest BCUT2D eigenvalue weighted by Gasteiger charge is -2.09. The molecule has 12 heteroatoms. The van der Waals surface area contributed by atoms with Crippen LogP contribution >= 0.6 is 11.6 Å². The lowest BCUT2D eigenvalue weighted by atomic mass is 10.3. The van der Waals surface area contributed by atoms with E-state index in [2.05, 4.69) is 26.9 Å². The maximum Gasteiger partial charge on any atom is 0.573 e. The topological polar surface area (TPSA) is 89.6 Å². The van der Waals surface area contributed by atoms with Crippen LogP contribution in [0, 0.1) is 5.82 Å². The van der Waals surface area contributed by atoms with Gasteiger partial charge >= 0.3 is 6.36 Å². The number of aromatic nitrogens is 1. The first-order valence-electron chi connectivity index (χ1n) is 9.25. The van der Waals surface area contributed by atoms with Crippen LogP contribution in [0.25, 0.3) is 6.08 Å². The summed E-state index contributed by atoms with van der Waals surface area (Å²) in [5.41, 5.74) is 0.547. The molecule has 0 radical (unpaired) electrons. The molecule has 0 aliphatic rings. The molecule has 0 unspecified atom stereocenters. The van der Waals surface area contributed by atoms with Gasteiger partial charge in [0, 0.05) is 30.8 Å². The Morgan fingerprint density at radius 1 is 1.18 bits per heavy atom. The van der Waals surface area contributed by atoms with E-state index in [0.717, 1.165) is 24.4 Å². The third-order valence-electron chi connectivity index (χ3n) is 3.71. The van der Waals surface area contributed by atoms with Gasteiger partial charge in [0.1, 0.15) is 17.3 Å². The summed E-state index contributed by atoms with van der Waals surface area (Å²) in [7, 11) is 0. The summed E-state index contributed by atoms with van der Waals surface area (Å²) in [6, 6.07) is 6.09. The number of pyridine rings is 1. The second-order valence-electron chi connectivity index (χ2n) is 6.36. The molecule has 2 amide bonds. The largest absolute Gasteiger partial charge is 0.573 e. The molecule has 0 atom stereocenters. The van der Waals surface area contributed by atoms with E-state index in [0.29, 0.717) is 5.70 Å². The molecule has 0 spiro atoms. The average Bonchev–Trinajstić information content (AvgIpc) is 2.73. The number of benzene rings is 1. The highest BCUT2D eigenvalue weighted by molar-refractivity contribution is 6.30. The van der Waals surface area contributed by atoms with Crippen molar-refractivity contribution in [1.29, 1.82) is 0 Å². The fourth-order valence-electron chi connectivity index (χ4n) is 2.24. The monoisotopic (exact) mass is 487 g/mol. The first kappa shape index (κ1) is 25.7. The Morgan fingerprint density at radius 2 is 1.91 bits per heavy atom. The number of rotatable bonds is 10. The zero-order chi connectivity index (χ0) is 24.4. The molecular formula is C21H18ClF4N3O4. The molecule has 2 N–H and O–H groups in total. The quantitative estimate of drug-likeness (QED) is 0.390. The van der Waals surface area contributed by atoms with Crippen LogP contribution in [0.1, 0.15) is 12.1 Å². The Balaban J connectivity index is 1.67. The van der Waals surface area contributed by atoms with E-state index in [1.54, 1.807) is 0 Å². The number of alkyl halides is 3. The standard InChI is InChI=1S/C21H18ClF4N3O4/c1-13(8-9-27-20(31)12-32-15-5-6-17(22)18(23)10-15)29-19(30)7-3-14-2-4-16(11-28-14)33-21(24,25)26/h2-7,10-11H,1,8-9,12H2,(H,27,31)(H,29,30)/b7-3+. The van der Waals surface area contributed by atoms with Gasteiger partial charge in [-0.2, -0.15) is 0 Å². The summed E-state index contributed by atoms with van der Waals surface area (Å²) in [6.07, 6.45) is -1.31. The van der Waals surface area contributed by atoms with E-state index in [1.807, 2.05) is 0 Å². The van der Waals surface area contributed by atoms with Crippen LogP contribution in [0.4, 0.5) is 17.6 Å². The second-order valence-corrected chi connectivity index (χ2v) is 6.76. The molecule has 0 aliphatic carbocycles. The summed E-state index contributed by atoms with van der Waals surface area (Å²) in [4.78, 5) is 27.4. The van der Waals surface area contributed by atoms with Crippen LogP contribution in [0.3, 0.4) is 0 Å². The molecule has 7 nitrogen and oxygen atoms in total. The maximum atomic E-state index is 13.3. The molecule has 0 bridgehead atoms. The number of hydrogen-bond donors (Lipinski definition) is 2. The number of nitrogens with zero attached hydrogens (tertiary/aromatic N) is 1. The molecule has 33 heavy (non-hydrogen) atoms. The van der Waals surface area contributed by atoms with E-state index in [1.165, 1.54) is 24.3 Å². The lowest BCUT2D eigenvalue weighted by Crippen LogP contribution is -2.31. The van der Waals surface area contributed by atoms with Crippen molar-refractivity contribution in [3.8, 4) is 11.5 Å². The van der Waals surface area contributed by atoms with Gasteiger partial charge in [-0.05, 0) is 30.3 Å². The fraction of sp³-hybridized carbons (Fsp3) is 0.190. The number of hydrogen-bond acceptors (Lipinski definition) is 5. The van der Waals surface area contributed by atoms with E-state index in [-0.39, 0.29) is 36.0 Å². The number of carbonyl (C=O) groups is 2. The smallest absolute Gasteiger partial charge is 0.484 e. The summed E-state index contributed by atoms with van der Waals surface area (Å²) >= 11 is 5.56. The molecule has 2 rings (SSSR count). The van der Waals surface area contributed by atoms with Crippen molar-refractivity contribution < 1.29 is 36.6 Å². The van der Waals surface area contributed by atoms with Crippen molar-refractivity contribution in [2.75, 3.05) is 13.2 Å². The summed E-state index contributed by atoms with van der Waals surface area (Å²) in [5, 5.41) is 4.96. The van der Waals surface area contributed by atoms with Gasteiger partial charge in [0.15, 0.2) is 6.61 Å². The first-order chi connectivity index (χ1) is 15.5. The Bertz CT molecular complexity index is 1030. The average molecular weight is 488 g/mol. The highest BCUT2D eigenvalue weighted by atomic mass is 35.5. The number of ether oxygens (including phenoxy) is 2. The number of halogens is 5. The summed E-state index contributed by atoms with van der Waals surface area (Å²) < 4.78 is 58.5. The minimum Gasteiger partial charge on any atom is -0.484 e. The zero-order valence-corrected chi connectivity index (χ0v) is 17.7. The van der Waals surface area contributed by atoms with Gasteiger partial charge < -0.3 is 20.1 Å². The van der Waals surface area contributed by atoms with Crippen LogP contribution in [0.2, 0.25) is 5.02 Å². The van der Waals surface area contributed by atoms with Crippen LogP contribution < -0.4 is 20.1 Å². The Hall–Kier alpha value is -3.60. The Morgan fingerprint density at radius 3 is 2.55 bits per heavy atom. The molecule has 0 saturated carbocycles. The van der Waals surface area contributed by atoms with Crippen molar-refractivity contribution in [2.45, 2.75) is 12.8 Å². The van der Waals surface area contributed by atoms with Gasteiger partial charge in [-0.15, -0.1) is 13.2 Å². The maximum absolute atomic E-state index is 13.3. The molecule has 0 fully saturated rings. The molecule has 0 aliphatic heterocycles. The van der Waals surface area contributed by atoms with Crippen molar-refractivity contribution in [3.63, 3.8) is 0 Å². The third-order valence-corrected chi connectivity index (χ3v) is 4.01. The van der Waals surface area contributed by atoms with Gasteiger partial charge in [-0.1, -0.05) is 18.2 Å². The van der Waals surface area contributed by atoms with Crippen LogP contribution in [0.15, 0.2) is 54.9 Å².